The van der Waals surface area contributed by atoms with E-state index in [2.05, 4.69) is 41.8 Å². The Morgan fingerprint density at radius 3 is 2.21 bits per heavy atom. The summed E-state index contributed by atoms with van der Waals surface area (Å²) in [4.78, 5) is 0. The summed E-state index contributed by atoms with van der Waals surface area (Å²) in [5.74, 6) is 0. The topological polar surface area (TPSA) is 24.1 Å². The maximum Gasteiger partial charge on any atom is 0.0340 e. The average Bonchev–Trinajstić information content (AvgIpc) is 2.46. The standard InChI is InChI=1S/C17H30N2/c1-2-3-4-5-6-10-14-18-15-11-16-19-17-12-8-7-9-13-17/h7-9,12-13,18-19H,2-6,10-11,14-16H2,1H3. The van der Waals surface area contributed by atoms with E-state index < -0.39 is 0 Å². The summed E-state index contributed by atoms with van der Waals surface area (Å²) in [7, 11) is 0. The van der Waals surface area contributed by atoms with E-state index in [4.69, 9.17) is 0 Å². The van der Waals surface area contributed by atoms with Gasteiger partial charge in [-0.2, -0.15) is 0 Å². The van der Waals surface area contributed by atoms with Crippen LogP contribution in [0.5, 0.6) is 0 Å². The number of benzene rings is 1. The fraction of sp³-hybridized carbons (Fsp3) is 0.647. The van der Waals surface area contributed by atoms with Crippen molar-refractivity contribution >= 4 is 5.69 Å². The molecule has 0 spiro atoms. The van der Waals surface area contributed by atoms with Crippen LogP contribution >= 0.6 is 0 Å². The number of hydrogen-bond donors (Lipinski definition) is 2. The van der Waals surface area contributed by atoms with Gasteiger partial charge in [-0.1, -0.05) is 57.2 Å². The lowest BCUT2D eigenvalue weighted by atomic mass is 10.1. The SMILES string of the molecule is CCCCCCCCNCCCNc1ccccc1. The average molecular weight is 262 g/mol. The van der Waals surface area contributed by atoms with Crippen LogP contribution in [0.4, 0.5) is 5.69 Å². The van der Waals surface area contributed by atoms with Crippen LogP contribution in [0.2, 0.25) is 0 Å². The smallest absolute Gasteiger partial charge is 0.0340 e. The van der Waals surface area contributed by atoms with Crippen LogP contribution in [0.25, 0.3) is 0 Å². The Hall–Kier alpha value is -1.02. The molecule has 0 radical (unpaired) electrons. The van der Waals surface area contributed by atoms with Gasteiger partial charge >= 0.3 is 0 Å². The first-order chi connectivity index (χ1) is 9.43. The molecular weight excluding hydrogens is 232 g/mol. The van der Waals surface area contributed by atoms with E-state index in [1.54, 1.807) is 0 Å². The minimum absolute atomic E-state index is 1.05. The molecule has 1 aromatic rings. The highest BCUT2D eigenvalue weighted by molar-refractivity contribution is 5.42. The summed E-state index contributed by atoms with van der Waals surface area (Å²) in [6.45, 7) is 5.62. The number of anilines is 1. The maximum atomic E-state index is 3.52. The molecule has 0 aromatic heterocycles. The summed E-state index contributed by atoms with van der Waals surface area (Å²) in [6.07, 6.45) is 9.46. The first-order valence-electron chi connectivity index (χ1n) is 7.93. The van der Waals surface area contributed by atoms with Gasteiger partial charge in [0, 0.05) is 12.2 Å². The molecule has 2 nitrogen and oxygen atoms in total. The molecule has 0 heterocycles. The normalized spacial score (nSPS) is 10.6. The highest BCUT2D eigenvalue weighted by Gasteiger charge is 1.92. The third kappa shape index (κ3) is 9.54. The van der Waals surface area contributed by atoms with Gasteiger partial charge < -0.3 is 10.6 Å². The second kappa shape index (κ2) is 12.0. The molecule has 0 unspecified atom stereocenters. The molecule has 108 valence electrons. The van der Waals surface area contributed by atoms with E-state index in [0.29, 0.717) is 0 Å². The van der Waals surface area contributed by atoms with E-state index in [1.165, 1.54) is 57.2 Å². The molecule has 0 saturated heterocycles. The quantitative estimate of drug-likeness (QED) is 0.544. The fourth-order valence-corrected chi connectivity index (χ4v) is 2.16. The Morgan fingerprint density at radius 2 is 1.42 bits per heavy atom. The van der Waals surface area contributed by atoms with E-state index in [1.807, 2.05) is 6.07 Å². The van der Waals surface area contributed by atoms with Crippen molar-refractivity contribution in [2.75, 3.05) is 25.0 Å². The molecule has 0 atom stereocenters. The third-order valence-electron chi connectivity index (χ3n) is 3.34. The van der Waals surface area contributed by atoms with Crippen LogP contribution in [0.15, 0.2) is 30.3 Å². The largest absolute Gasteiger partial charge is 0.385 e. The zero-order valence-corrected chi connectivity index (χ0v) is 12.5. The highest BCUT2D eigenvalue weighted by atomic mass is 14.9. The van der Waals surface area contributed by atoms with Crippen molar-refractivity contribution in [2.24, 2.45) is 0 Å². The number of hydrogen-bond acceptors (Lipinski definition) is 2. The molecule has 2 heteroatoms. The highest BCUT2D eigenvalue weighted by Crippen LogP contribution is 2.05. The van der Waals surface area contributed by atoms with Gasteiger partial charge in [0.15, 0.2) is 0 Å². The summed E-state index contributed by atoms with van der Waals surface area (Å²) in [5.41, 5.74) is 1.22. The van der Waals surface area contributed by atoms with Crippen LogP contribution in [-0.4, -0.2) is 19.6 Å². The van der Waals surface area contributed by atoms with E-state index in [9.17, 15) is 0 Å². The van der Waals surface area contributed by atoms with Crippen LogP contribution < -0.4 is 10.6 Å². The third-order valence-corrected chi connectivity index (χ3v) is 3.34. The molecule has 0 bridgehead atoms. The molecule has 19 heavy (non-hydrogen) atoms. The fourth-order valence-electron chi connectivity index (χ4n) is 2.16. The summed E-state index contributed by atoms with van der Waals surface area (Å²) < 4.78 is 0. The monoisotopic (exact) mass is 262 g/mol. The van der Waals surface area contributed by atoms with Gasteiger partial charge in [-0.15, -0.1) is 0 Å². The Morgan fingerprint density at radius 1 is 0.737 bits per heavy atom. The lowest BCUT2D eigenvalue weighted by Crippen LogP contribution is -2.19. The minimum atomic E-state index is 1.05. The zero-order valence-electron chi connectivity index (χ0n) is 12.5. The van der Waals surface area contributed by atoms with Crippen molar-refractivity contribution in [3.05, 3.63) is 30.3 Å². The number of nitrogens with one attached hydrogen (secondary N) is 2. The second-order valence-electron chi connectivity index (χ2n) is 5.16. The van der Waals surface area contributed by atoms with Crippen molar-refractivity contribution in [1.29, 1.82) is 0 Å². The predicted octanol–water partition coefficient (Wildman–Crippen LogP) is 4.44. The van der Waals surface area contributed by atoms with E-state index in [0.717, 1.165) is 13.1 Å². The first kappa shape index (κ1) is 16.0. The lowest BCUT2D eigenvalue weighted by molar-refractivity contribution is 0.568. The minimum Gasteiger partial charge on any atom is -0.385 e. The summed E-state index contributed by atoms with van der Waals surface area (Å²) >= 11 is 0. The predicted molar refractivity (Wildman–Crippen MR) is 85.8 cm³/mol. The maximum absolute atomic E-state index is 3.52. The molecule has 0 fully saturated rings. The zero-order chi connectivity index (χ0) is 13.6. The van der Waals surface area contributed by atoms with Crippen LogP contribution in [0.3, 0.4) is 0 Å². The van der Waals surface area contributed by atoms with Crippen molar-refractivity contribution < 1.29 is 0 Å². The van der Waals surface area contributed by atoms with Crippen molar-refractivity contribution in [2.45, 2.75) is 51.9 Å². The van der Waals surface area contributed by atoms with Gasteiger partial charge in [0.2, 0.25) is 0 Å². The molecule has 0 aliphatic rings. The lowest BCUT2D eigenvalue weighted by Gasteiger charge is -2.07. The Bertz CT molecular complexity index is 285. The van der Waals surface area contributed by atoms with Crippen molar-refractivity contribution in [3.8, 4) is 0 Å². The molecule has 1 rings (SSSR count). The molecule has 0 aliphatic heterocycles. The van der Waals surface area contributed by atoms with Crippen LogP contribution in [-0.2, 0) is 0 Å². The molecule has 1 aromatic carbocycles. The summed E-state index contributed by atoms with van der Waals surface area (Å²) in [5, 5.41) is 6.95. The molecule has 0 saturated carbocycles. The van der Waals surface area contributed by atoms with E-state index in [-0.39, 0.29) is 0 Å². The van der Waals surface area contributed by atoms with Gasteiger partial charge in [0.25, 0.3) is 0 Å². The van der Waals surface area contributed by atoms with E-state index >= 15 is 0 Å². The van der Waals surface area contributed by atoms with Gasteiger partial charge in [-0.3, -0.25) is 0 Å². The number of unbranched alkanes of at least 4 members (excludes halogenated alkanes) is 5. The van der Waals surface area contributed by atoms with Crippen molar-refractivity contribution in [1.82, 2.24) is 5.32 Å². The summed E-state index contributed by atoms with van der Waals surface area (Å²) in [6, 6.07) is 10.4. The first-order valence-corrected chi connectivity index (χ1v) is 7.93. The Kier molecular flexibility index (Phi) is 10.2. The Balaban J connectivity index is 1.79. The number of rotatable bonds is 12. The number of para-hydroxylation sites is 1. The molecule has 0 aliphatic carbocycles. The van der Waals surface area contributed by atoms with Crippen LogP contribution in [0, 0.1) is 0 Å². The van der Waals surface area contributed by atoms with Gasteiger partial charge in [0.1, 0.15) is 0 Å². The second-order valence-corrected chi connectivity index (χ2v) is 5.16. The van der Waals surface area contributed by atoms with Gasteiger partial charge in [-0.25, -0.2) is 0 Å². The molecule has 2 N–H and O–H groups in total. The molecule has 0 amide bonds. The van der Waals surface area contributed by atoms with Crippen LogP contribution in [0.1, 0.15) is 51.9 Å². The molecular formula is C17H30N2. The Labute approximate surface area is 119 Å². The van der Waals surface area contributed by atoms with Crippen molar-refractivity contribution in [3.63, 3.8) is 0 Å². The van der Waals surface area contributed by atoms with Gasteiger partial charge in [0.05, 0.1) is 0 Å². The van der Waals surface area contributed by atoms with Gasteiger partial charge in [-0.05, 0) is 38.1 Å².